The van der Waals surface area contributed by atoms with E-state index in [4.69, 9.17) is 20.8 Å². The quantitative estimate of drug-likeness (QED) is 0.376. The van der Waals surface area contributed by atoms with Crippen molar-refractivity contribution in [2.75, 3.05) is 19.6 Å². The number of halogens is 1. The lowest BCUT2D eigenvalue weighted by Crippen LogP contribution is -2.50. The molecule has 4 nitrogen and oxygen atoms in total. The molecule has 0 saturated carbocycles. The molecule has 0 aliphatic heterocycles. The van der Waals surface area contributed by atoms with Gasteiger partial charge in [-0.25, -0.2) is 0 Å². The number of hydrogen-bond donors (Lipinski definition) is 1. The zero-order valence-corrected chi connectivity index (χ0v) is 18.5. The second-order valence-corrected chi connectivity index (χ2v) is 12.9. The Morgan fingerprint density at radius 2 is 1.88 bits per heavy atom. The van der Waals surface area contributed by atoms with Crippen LogP contribution in [0.25, 0.3) is 0 Å². The number of allylic oxidation sites excluding steroid dienone is 1. The Balaban J connectivity index is 2.95. The molecule has 1 aromatic rings. The first-order valence-corrected chi connectivity index (χ1v) is 12.3. The summed E-state index contributed by atoms with van der Waals surface area (Å²) in [5.74, 6) is 0.248. The monoisotopic (exact) mass is 397 g/mol. The highest BCUT2D eigenvalue weighted by molar-refractivity contribution is 6.74. The zero-order valence-electron chi connectivity index (χ0n) is 16.7. The molecule has 0 spiro atoms. The maximum atomic E-state index is 12.6. The molecule has 2 atom stereocenters. The fraction of sp³-hybridized carbons (Fsp3) is 0.550. The van der Waals surface area contributed by atoms with Crippen LogP contribution in [0.5, 0.6) is 0 Å². The second-order valence-electron chi connectivity index (χ2n) is 7.80. The first-order valence-electron chi connectivity index (χ1n) is 8.87. The van der Waals surface area contributed by atoms with Crippen LogP contribution in [0.3, 0.4) is 0 Å². The minimum absolute atomic E-state index is 0.0928. The van der Waals surface area contributed by atoms with Gasteiger partial charge in [0.05, 0.1) is 18.8 Å². The van der Waals surface area contributed by atoms with Crippen LogP contribution in [0.15, 0.2) is 42.5 Å². The summed E-state index contributed by atoms with van der Waals surface area (Å²) < 4.78 is 11.9. The number of carbonyl (C=O) groups is 1. The molecule has 0 aromatic heterocycles. The van der Waals surface area contributed by atoms with E-state index in [2.05, 4.69) is 39.2 Å². The third kappa shape index (κ3) is 6.87. The number of ether oxygens (including phenoxy) is 1. The van der Waals surface area contributed by atoms with Crippen molar-refractivity contribution in [1.82, 2.24) is 5.32 Å². The average Bonchev–Trinajstić information content (AvgIpc) is 2.59. The van der Waals surface area contributed by atoms with Crippen molar-refractivity contribution in [3.8, 4) is 0 Å². The van der Waals surface area contributed by atoms with Crippen LogP contribution in [0, 0.1) is 0 Å². The molecule has 1 N–H and O–H groups in total. The number of nitrogens with one attached hydrogen (secondary N) is 1. The summed E-state index contributed by atoms with van der Waals surface area (Å²) in [5.41, 5.74) is 0.612. The summed E-state index contributed by atoms with van der Waals surface area (Å²) in [6.45, 7) is 11.4. The van der Waals surface area contributed by atoms with Gasteiger partial charge in [-0.05, 0) is 30.3 Å². The lowest BCUT2D eigenvalue weighted by atomic mass is 10.1. The van der Waals surface area contributed by atoms with Gasteiger partial charge in [0, 0.05) is 18.6 Å². The Bertz CT molecular complexity index is 584. The van der Waals surface area contributed by atoms with Crippen LogP contribution in [0.2, 0.25) is 18.1 Å². The number of methoxy groups -OCH3 is 1. The minimum Gasteiger partial charge on any atom is -0.415 e. The van der Waals surface area contributed by atoms with Crippen molar-refractivity contribution < 1.29 is 14.0 Å². The van der Waals surface area contributed by atoms with Crippen LogP contribution >= 0.6 is 11.6 Å². The molecular weight excluding hydrogens is 366 g/mol. The van der Waals surface area contributed by atoms with E-state index in [1.165, 1.54) is 0 Å². The molecule has 0 heterocycles. The van der Waals surface area contributed by atoms with Gasteiger partial charge in [0.2, 0.25) is 0 Å². The second kappa shape index (κ2) is 10.3. The van der Waals surface area contributed by atoms with E-state index >= 15 is 0 Å². The SMILES string of the molecule is CO[C@H](/C=C/CCl)[C@H](CO[Si](C)(C)C(C)(C)C)NC(=O)c1ccccc1. The molecule has 0 aliphatic rings. The van der Waals surface area contributed by atoms with Gasteiger partial charge in [0.15, 0.2) is 8.32 Å². The predicted molar refractivity (Wildman–Crippen MR) is 112 cm³/mol. The molecule has 1 rings (SSSR count). The number of amides is 1. The Morgan fingerprint density at radius 3 is 2.38 bits per heavy atom. The Hall–Kier alpha value is -1.14. The molecule has 26 heavy (non-hydrogen) atoms. The third-order valence-corrected chi connectivity index (χ3v) is 9.54. The molecular formula is C20H32ClNO3Si. The highest BCUT2D eigenvalue weighted by Gasteiger charge is 2.38. The smallest absolute Gasteiger partial charge is 0.251 e. The summed E-state index contributed by atoms with van der Waals surface area (Å²) in [7, 11) is -0.323. The van der Waals surface area contributed by atoms with E-state index in [9.17, 15) is 4.79 Å². The van der Waals surface area contributed by atoms with Gasteiger partial charge < -0.3 is 14.5 Å². The van der Waals surface area contributed by atoms with Gasteiger partial charge >= 0.3 is 0 Å². The molecule has 0 aliphatic carbocycles. The fourth-order valence-electron chi connectivity index (χ4n) is 2.14. The van der Waals surface area contributed by atoms with Gasteiger partial charge in [0.1, 0.15) is 0 Å². The van der Waals surface area contributed by atoms with E-state index in [0.29, 0.717) is 18.1 Å². The molecule has 0 unspecified atom stereocenters. The van der Waals surface area contributed by atoms with Gasteiger partial charge in [-0.1, -0.05) is 51.1 Å². The third-order valence-electron chi connectivity index (χ3n) is 4.87. The lowest BCUT2D eigenvalue weighted by molar-refractivity contribution is 0.0669. The molecule has 0 bridgehead atoms. The van der Waals surface area contributed by atoms with Gasteiger partial charge in [-0.2, -0.15) is 0 Å². The fourth-order valence-corrected chi connectivity index (χ4v) is 3.27. The van der Waals surface area contributed by atoms with Crippen molar-refractivity contribution in [2.45, 2.75) is 51.0 Å². The Morgan fingerprint density at radius 1 is 1.27 bits per heavy atom. The largest absolute Gasteiger partial charge is 0.415 e. The van der Waals surface area contributed by atoms with Crippen LogP contribution in [-0.4, -0.2) is 46.0 Å². The zero-order chi connectivity index (χ0) is 19.8. The van der Waals surface area contributed by atoms with E-state index in [1.54, 1.807) is 19.2 Å². The minimum atomic E-state index is -1.94. The van der Waals surface area contributed by atoms with E-state index in [1.807, 2.05) is 30.4 Å². The van der Waals surface area contributed by atoms with Gasteiger partial charge in [0.25, 0.3) is 5.91 Å². The number of hydrogen-bond acceptors (Lipinski definition) is 3. The van der Waals surface area contributed by atoms with Crippen LogP contribution in [0.1, 0.15) is 31.1 Å². The lowest BCUT2D eigenvalue weighted by Gasteiger charge is -2.38. The standard InChI is InChI=1S/C20H32ClNO3Si/c1-20(2,3)26(5,6)25-15-17(18(24-4)13-10-14-21)22-19(23)16-11-8-7-9-12-16/h7-13,17-18H,14-15H2,1-6H3,(H,22,23)/b13-10+/t17-,18+/m0/s1. The van der Waals surface area contributed by atoms with E-state index in [0.717, 1.165) is 0 Å². The predicted octanol–water partition coefficient (Wildman–Crippen LogP) is 4.62. The van der Waals surface area contributed by atoms with Crippen molar-refractivity contribution >= 4 is 25.8 Å². The normalized spacial score (nSPS) is 15.0. The first-order chi connectivity index (χ1) is 12.1. The molecule has 0 saturated heterocycles. The average molecular weight is 398 g/mol. The van der Waals surface area contributed by atoms with Crippen molar-refractivity contribution in [3.05, 3.63) is 48.0 Å². The molecule has 0 radical (unpaired) electrons. The maximum absolute atomic E-state index is 12.6. The Kier molecular flexibility index (Phi) is 9.03. The topological polar surface area (TPSA) is 47.6 Å². The number of rotatable bonds is 9. The maximum Gasteiger partial charge on any atom is 0.251 e. The number of alkyl halides is 1. The summed E-state index contributed by atoms with van der Waals surface area (Å²) in [6.07, 6.45) is 3.38. The summed E-state index contributed by atoms with van der Waals surface area (Å²) >= 11 is 5.76. The summed E-state index contributed by atoms with van der Waals surface area (Å²) in [4.78, 5) is 12.6. The molecule has 146 valence electrons. The highest BCUT2D eigenvalue weighted by atomic mass is 35.5. The van der Waals surface area contributed by atoms with Crippen LogP contribution in [0.4, 0.5) is 0 Å². The van der Waals surface area contributed by atoms with Crippen LogP contribution < -0.4 is 5.32 Å². The highest BCUT2D eigenvalue weighted by Crippen LogP contribution is 2.36. The molecule has 0 fully saturated rings. The Labute approximate surface area is 164 Å². The van der Waals surface area contributed by atoms with Crippen molar-refractivity contribution in [2.24, 2.45) is 0 Å². The van der Waals surface area contributed by atoms with E-state index in [-0.39, 0.29) is 23.1 Å². The van der Waals surface area contributed by atoms with Gasteiger partial charge in [-0.3, -0.25) is 4.79 Å². The number of benzene rings is 1. The van der Waals surface area contributed by atoms with Crippen molar-refractivity contribution in [3.63, 3.8) is 0 Å². The molecule has 1 aromatic carbocycles. The van der Waals surface area contributed by atoms with E-state index < -0.39 is 8.32 Å². The summed E-state index contributed by atoms with van der Waals surface area (Å²) in [6, 6.07) is 8.85. The van der Waals surface area contributed by atoms with Gasteiger partial charge in [-0.15, -0.1) is 11.6 Å². The molecule has 1 amide bonds. The number of carbonyl (C=O) groups excluding carboxylic acids is 1. The van der Waals surface area contributed by atoms with Crippen LogP contribution in [-0.2, 0) is 9.16 Å². The first kappa shape index (κ1) is 22.9. The summed E-state index contributed by atoms with van der Waals surface area (Å²) in [5, 5.41) is 3.15. The molecule has 6 heteroatoms. The van der Waals surface area contributed by atoms with Crippen molar-refractivity contribution in [1.29, 1.82) is 0 Å².